The van der Waals surface area contributed by atoms with E-state index in [9.17, 15) is 0 Å². The highest BCUT2D eigenvalue weighted by molar-refractivity contribution is 7.79. The number of allylic oxidation sites excluding steroid dienone is 1. The fourth-order valence-corrected chi connectivity index (χ4v) is 1.16. The third-order valence-electron chi connectivity index (χ3n) is 1.59. The molecule has 1 aromatic carbocycles. The van der Waals surface area contributed by atoms with Crippen molar-refractivity contribution in [2.45, 2.75) is 12.2 Å². The molecule has 0 nitrogen and oxygen atoms in total. The van der Waals surface area contributed by atoms with Crippen molar-refractivity contribution in [3.63, 3.8) is 0 Å². The zero-order chi connectivity index (χ0) is 8.10. The standard InChI is InChI=1S/C10H12S/c1-2-3-9-4-6-10(8-11)7-5-9/h2,4-7,11H,1,3,8H2. The number of benzene rings is 1. The summed E-state index contributed by atoms with van der Waals surface area (Å²) in [5, 5.41) is 0. The monoisotopic (exact) mass is 164 g/mol. The topological polar surface area (TPSA) is 0 Å². The Hall–Kier alpha value is -0.690. The van der Waals surface area contributed by atoms with Gasteiger partial charge in [0, 0.05) is 5.75 Å². The molecule has 1 aromatic rings. The van der Waals surface area contributed by atoms with Gasteiger partial charge in [0.2, 0.25) is 0 Å². The van der Waals surface area contributed by atoms with Crippen molar-refractivity contribution in [3.8, 4) is 0 Å². The summed E-state index contributed by atoms with van der Waals surface area (Å²) in [4.78, 5) is 0. The molecule has 0 saturated carbocycles. The second-order valence-electron chi connectivity index (χ2n) is 2.47. The summed E-state index contributed by atoms with van der Waals surface area (Å²) < 4.78 is 0. The van der Waals surface area contributed by atoms with Gasteiger partial charge in [-0.3, -0.25) is 0 Å². The summed E-state index contributed by atoms with van der Waals surface area (Å²) in [6, 6.07) is 8.44. The van der Waals surface area contributed by atoms with Gasteiger partial charge in [-0.15, -0.1) is 6.58 Å². The number of hydrogen-bond donors (Lipinski definition) is 1. The van der Waals surface area contributed by atoms with Crippen LogP contribution in [0.1, 0.15) is 11.1 Å². The third-order valence-corrected chi connectivity index (χ3v) is 1.95. The minimum atomic E-state index is 0.814. The van der Waals surface area contributed by atoms with Crippen LogP contribution < -0.4 is 0 Å². The van der Waals surface area contributed by atoms with Gasteiger partial charge in [0.15, 0.2) is 0 Å². The van der Waals surface area contributed by atoms with Crippen molar-refractivity contribution in [3.05, 3.63) is 48.0 Å². The molecule has 0 aliphatic heterocycles. The molecular weight excluding hydrogens is 152 g/mol. The Morgan fingerprint density at radius 2 is 1.73 bits per heavy atom. The number of thiol groups is 1. The Morgan fingerprint density at radius 1 is 1.18 bits per heavy atom. The van der Waals surface area contributed by atoms with Crippen LogP contribution in [0.5, 0.6) is 0 Å². The lowest BCUT2D eigenvalue weighted by molar-refractivity contribution is 1.26. The Kier molecular flexibility index (Phi) is 3.24. The molecule has 0 fully saturated rings. The van der Waals surface area contributed by atoms with Gasteiger partial charge in [-0.2, -0.15) is 12.6 Å². The van der Waals surface area contributed by atoms with Crippen molar-refractivity contribution in [1.29, 1.82) is 0 Å². The van der Waals surface area contributed by atoms with Crippen LogP contribution >= 0.6 is 12.6 Å². The van der Waals surface area contributed by atoms with E-state index in [4.69, 9.17) is 0 Å². The molecule has 0 radical (unpaired) electrons. The summed E-state index contributed by atoms with van der Waals surface area (Å²) in [5.74, 6) is 0.814. The summed E-state index contributed by atoms with van der Waals surface area (Å²) in [6.07, 6.45) is 2.86. The van der Waals surface area contributed by atoms with Gasteiger partial charge in [-0.05, 0) is 17.5 Å². The van der Waals surface area contributed by atoms with Crippen LogP contribution in [0.2, 0.25) is 0 Å². The molecule has 0 heterocycles. The highest BCUT2D eigenvalue weighted by Crippen LogP contribution is 2.06. The fourth-order valence-electron chi connectivity index (χ4n) is 0.947. The van der Waals surface area contributed by atoms with Crippen LogP contribution in [0, 0.1) is 0 Å². The summed E-state index contributed by atoms with van der Waals surface area (Å²) in [5.41, 5.74) is 2.58. The van der Waals surface area contributed by atoms with Gasteiger partial charge in [0.05, 0.1) is 0 Å². The molecule has 0 amide bonds. The van der Waals surface area contributed by atoms with Crippen LogP contribution in [0.4, 0.5) is 0 Å². The van der Waals surface area contributed by atoms with Crippen molar-refractivity contribution in [2.75, 3.05) is 0 Å². The molecular formula is C10H12S. The van der Waals surface area contributed by atoms with Gasteiger partial charge in [0.25, 0.3) is 0 Å². The molecule has 1 heteroatoms. The average Bonchev–Trinajstić information content (AvgIpc) is 2.07. The lowest BCUT2D eigenvalue weighted by Crippen LogP contribution is -1.81. The predicted octanol–water partition coefficient (Wildman–Crippen LogP) is 2.84. The van der Waals surface area contributed by atoms with Crippen LogP contribution in [0.3, 0.4) is 0 Å². The second-order valence-corrected chi connectivity index (χ2v) is 2.78. The SMILES string of the molecule is C=CCc1ccc(CS)cc1. The van der Waals surface area contributed by atoms with E-state index in [0.29, 0.717) is 0 Å². The minimum absolute atomic E-state index is 0.814. The van der Waals surface area contributed by atoms with E-state index in [1.165, 1.54) is 11.1 Å². The Bertz CT molecular complexity index is 223. The van der Waals surface area contributed by atoms with Gasteiger partial charge in [-0.25, -0.2) is 0 Å². The molecule has 0 aromatic heterocycles. The predicted molar refractivity (Wildman–Crippen MR) is 53.0 cm³/mol. The van der Waals surface area contributed by atoms with Gasteiger partial charge in [0.1, 0.15) is 0 Å². The van der Waals surface area contributed by atoms with Crippen molar-refractivity contribution in [1.82, 2.24) is 0 Å². The maximum Gasteiger partial charge on any atom is 0.0154 e. The zero-order valence-electron chi connectivity index (χ0n) is 6.46. The first kappa shape index (κ1) is 8.41. The molecule has 0 bridgehead atoms. The summed E-state index contributed by atoms with van der Waals surface area (Å²) in [6.45, 7) is 3.68. The van der Waals surface area contributed by atoms with Crippen molar-refractivity contribution in [2.24, 2.45) is 0 Å². The molecule has 0 aliphatic carbocycles. The lowest BCUT2D eigenvalue weighted by Gasteiger charge is -1.97. The maximum atomic E-state index is 4.18. The van der Waals surface area contributed by atoms with Crippen LogP contribution in [0.25, 0.3) is 0 Å². The average molecular weight is 164 g/mol. The second kappa shape index (κ2) is 4.24. The molecule has 11 heavy (non-hydrogen) atoms. The number of hydrogen-bond acceptors (Lipinski definition) is 1. The van der Waals surface area contributed by atoms with Crippen LogP contribution in [-0.2, 0) is 12.2 Å². The van der Waals surface area contributed by atoms with Gasteiger partial charge in [-0.1, -0.05) is 30.3 Å². The smallest absolute Gasteiger partial charge is 0.0154 e. The largest absolute Gasteiger partial charge is 0.175 e. The fraction of sp³-hybridized carbons (Fsp3) is 0.200. The zero-order valence-corrected chi connectivity index (χ0v) is 7.35. The van der Waals surface area contributed by atoms with E-state index in [1.807, 2.05) is 6.08 Å². The Morgan fingerprint density at radius 3 is 2.18 bits per heavy atom. The van der Waals surface area contributed by atoms with Crippen LogP contribution in [-0.4, -0.2) is 0 Å². The molecule has 0 N–H and O–H groups in total. The minimum Gasteiger partial charge on any atom is -0.175 e. The maximum absolute atomic E-state index is 4.18. The highest BCUT2D eigenvalue weighted by atomic mass is 32.1. The van der Waals surface area contributed by atoms with E-state index in [-0.39, 0.29) is 0 Å². The van der Waals surface area contributed by atoms with E-state index in [1.54, 1.807) is 0 Å². The van der Waals surface area contributed by atoms with E-state index >= 15 is 0 Å². The van der Waals surface area contributed by atoms with E-state index in [2.05, 4.69) is 43.5 Å². The van der Waals surface area contributed by atoms with Crippen molar-refractivity contribution >= 4 is 12.6 Å². The Balaban J connectivity index is 2.74. The molecule has 0 aliphatic rings. The molecule has 58 valence electrons. The quantitative estimate of drug-likeness (QED) is 0.515. The highest BCUT2D eigenvalue weighted by Gasteiger charge is 1.89. The molecule has 0 spiro atoms. The summed E-state index contributed by atoms with van der Waals surface area (Å²) in [7, 11) is 0. The molecule has 0 saturated heterocycles. The first-order valence-corrected chi connectivity index (χ1v) is 4.29. The summed E-state index contributed by atoms with van der Waals surface area (Å²) >= 11 is 4.18. The number of rotatable bonds is 3. The molecule has 0 unspecified atom stereocenters. The first-order chi connectivity index (χ1) is 5.36. The third kappa shape index (κ3) is 2.43. The van der Waals surface area contributed by atoms with Crippen LogP contribution in [0.15, 0.2) is 36.9 Å². The van der Waals surface area contributed by atoms with Crippen molar-refractivity contribution < 1.29 is 0 Å². The van der Waals surface area contributed by atoms with Gasteiger partial charge < -0.3 is 0 Å². The molecule has 0 atom stereocenters. The van der Waals surface area contributed by atoms with Gasteiger partial charge >= 0.3 is 0 Å². The van der Waals surface area contributed by atoms with E-state index in [0.717, 1.165) is 12.2 Å². The lowest BCUT2D eigenvalue weighted by atomic mass is 10.1. The molecule has 1 rings (SSSR count). The first-order valence-electron chi connectivity index (χ1n) is 3.66. The van der Waals surface area contributed by atoms with E-state index < -0.39 is 0 Å². The Labute approximate surface area is 73.4 Å². The normalized spacial score (nSPS) is 9.55.